The van der Waals surface area contributed by atoms with Gasteiger partial charge in [0.25, 0.3) is 0 Å². The van der Waals surface area contributed by atoms with E-state index in [0.717, 1.165) is 22.5 Å². The molecular formula is C12H13N3. The Bertz CT molecular complexity index is 492. The summed E-state index contributed by atoms with van der Waals surface area (Å²) in [6.45, 7) is 1.95. The van der Waals surface area contributed by atoms with Gasteiger partial charge in [-0.3, -0.25) is 4.98 Å². The molecule has 3 heteroatoms. The number of aryl methyl sites for hydroxylation is 1. The van der Waals surface area contributed by atoms with E-state index in [1.54, 1.807) is 12.3 Å². The van der Waals surface area contributed by atoms with Crippen LogP contribution in [0.15, 0.2) is 36.5 Å². The highest BCUT2D eigenvalue weighted by molar-refractivity contribution is 5.79. The van der Waals surface area contributed by atoms with Crippen molar-refractivity contribution in [2.24, 2.45) is 0 Å². The van der Waals surface area contributed by atoms with Crippen molar-refractivity contribution >= 4 is 11.4 Å². The fourth-order valence-corrected chi connectivity index (χ4v) is 1.54. The van der Waals surface area contributed by atoms with Crippen LogP contribution in [-0.2, 0) is 0 Å². The molecule has 2 rings (SSSR count). The van der Waals surface area contributed by atoms with Crippen molar-refractivity contribution in [3.63, 3.8) is 0 Å². The monoisotopic (exact) mass is 199 g/mol. The van der Waals surface area contributed by atoms with Gasteiger partial charge in [0, 0.05) is 28.8 Å². The molecule has 76 valence electrons. The number of anilines is 2. The van der Waals surface area contributed by atoms with Crippen LogP contribution in [0.3, 0.4) is 0 Å². The Morgan fingerprint density at radius 2 is 1.87 bits per heavy atom. The highest BCUT2D eigenvalue weighted by Gasteiger charge is 2.03. The summed E-state index contributed by atoms with van der Waals surface area (Å²) in [5.74, 6) is 0. The Kier molecular flexibility index (Phi) is 2.29. The number of hydrogen-bond acceptors (Lipinski definition) is 3. The van der Waals surface area contributed by atoms with Gasteiger partial charge in [0.15, 0.2) is 0 Å². The molecule has 0 aliphatic rings. The van der Waals surface area contributed by atoms with E-state index in [1.807, 2.05) is 31.2 Å². The van der Waals surface area contributed by atoms with Crippen molar-refractivity contribution in [2.45, 2.75) is 6.92 Å². The molecule has 2 aromatic rings. The molecule has 0 aliphatic heterocycles. The van der Waals surface area contributed by atoms with Gasteiger partial charge < -0.3 is 11.5 Å². The van der Waals surface area contributed by atoms with Gasteiger partial charge in [0.05, 0.1) is 0 Å². The van der Waals surface area contributed by atoms with Crippen LogP contribution in [0.2, 0.25) is 0 Å². The average Bonchev–Trinajstić information content (AvgIpc) is 2.22. The summed E-state index contributed by atoms with van der Waals surface area (Å²) in [6, 6.07) is 9.42. The number of nitrogen functional groups attached to an aromatic ring is 2. The molecule has 0 aliphatic carbocycles. The number of nitrogens with two attached hydrogens (primary N) is 2. The Hall–Kier alpha value is -2.03. The van der Waals surface area contributed by atoms with E-state index in [0.29, 0.717) is 5.69 Å². The van der Waals surface area contributed by atoms with Crippen LogP contribution in [0.4, 0.5) is 11.4 Å². The van der Waals surface area contributed by atoms with Crippen LogP contribution in [0.1, 0.15) is 5.69 Å². The van der Waals surface area contributed by atoms with Crippen LogP contribution in [0.25, 0.3) is 11.1 Å². The number of benzene rings is 1. The maximum absolute atomic E-state index is 5.90. The zero-order valence-electron chi connectivity index (χ0n) is 8.57. The van der Waals surface area contributed by atoms with Crippen LogP contribution in [0, 0.1) is 6.92 Å². The van der Waals surface area contributed by atoms with Crippen molar-refractivity contribution in [3.05, 3.63) is 42.2 Å². The van der Waals surface area contributed by atoms with Gasteiger partial charge in [-0.15, -0.1) is 0 Å². The molecule has 0 amide bonds. The van der Waals surface area contributed by atoms with Crippen LogP contribution in [0.5, 0.6) is 0 Å². The third-order valence-corrected chi connectivity index (χ3v) is 2.29. The smallest absolute Gasteiger partial charge is 0.0395 e. The van der Waals surface area contributed by atoms with Crippen molar-refractivity contribution in [3.8, 4) is 11.1 Å². The number of nitrogens with zero attached hydrogens (tertiary/aromatic N) is 1. The zero-order chi connectivity index (χ0) is 10.8. The van der Waals surface area contributed by atoms with E-state index < -0.39 is 0 Å². The zero-order valence-corrected chi connectivity index (χ0v) is 8.57. The second-order valence-corrected chi connectivity index (χ2v) is 3.53. The fourth-order valence-electron chi connectivity index (χ4n) is 1.54. The largest absolute Gasteiger partial charge is 0.399 e. The fraction of sp³-hybridized carbons (Fsp3) is 0.0833. The molecule has 0 saturated heterocycles. The Morgan fingerprint density at radius 1 is 1.07 bits per heavy atom. The molecule has 0 fully saturated rings. The molecule has 0 radical (unpaired) electrons. The van der Waals surface area contributed by atoms with Gasteiger partial charge in [0.2, 0.25) is 0 Å². The summed E-state index contributed by atoms with van der Waals surface area (Å²) in [4.78, 5) is 4.15. The summed E-state index contributed by atoms with van der Waals surface area (Å²) < 4.78 is 0. The Labute approximate surface area is 88.8 Å². The first-order valence-electron chi connectivity index (χ1n) is 4.75. The maximum atomic E-state index is 5.90. The van der Waals surface area contributed by atoms with Crippen molar-refractivity contribution in [2.75, 3.05) is 11.5 Å². The summed E-state index contributed by atoms with van der Waals surface area (Å²) in [5.41, 5.74) is 16.0. The van der Waals surface area contributed by atoms with Crippen molar-refractivity contribution in [1.82, 2.24) is 4.98 Å². The predicted molar refractivity (Wildman–Crippen MR) is 63.2 cm³/mol. The summed E-state index contributed by atoms with van der Waals surface area (Å²) >= 11 is 0. The summed E-state index contributed by atoms with van der Waals surface area (Å²) in [7, 11) is 0. The van der Waals surface area contributed by atoms with E-state index >= 15 is 0 Å². The second-order valence-electron chi connectivity index (χ2n) is 3.53. The van der Waals surface area contributed by atoms with Gasteiger partial charge in [-0.05, 0) is 42.8 Å². The van der Waals surface area contributed by atoms with Crippen LogP contribution < -0.4 is 11.5 Å². The lowest BCUT2D eigenvalue weighted by atomic mass is 10.0. The lowest BCUT2D eigenvalue weighted by molar-refractivity contribution is 1.20. The number of pyridine rings is 1. The van der Waals surface area contributed by atoms with Crippen molar-refractivity contribution < 1.29 is 0 Å². The first-order valence-corrected chi connectivity index (χ1v) is 4.75. The molecule has 0 unspecified atom stereocenters. The normalized spacial score (nSPS) is 10.2. The van der Waals surface area contributed by atoms with Gasteiger partial charge in [-0.2, -0.15) is 0 Å². The molecule has 0 atom stereocenters. The predicted octanol–water partition coefficient (Wildman–Crippen LogP) is 2.22. The first-order chi connectivity index (χ1) is 7.16. The lowest BCUT2D eigenvalue weighted by Crippen LogP contribution is -1.93. The lowest BCUT2D eigenvalue weighted by Gasteiger charge is -2.07. The Morgan fingerprint density at radius 3 is 2.60 bits per heavy atom. The molecule has 3 nitrogen and oxygen atoms in total. The van der Waals surface area contributed by atoms with E-state index in [4.69, 9.17) is 11.5 Å². The summed E-state index contributed by atoms with van der Waals surface area (Å²) in [5, 5.41) is 0. The topological polar surface area (TPSA) is 64.9 Å². The van der Waals surface area contributed by atoms with Crippen LogP contribution >= 0.6 is 0 Å². The molecule has 0 spiro atoms. The first kappa shape index (κ1) is 9.52. The van der Waals surface area contributed by atoms with E-state index in [2.05, 4.69) is 4.98 Å². The van der Waals surface area contributed by atoms with Gasteiger partial charge in [-0.1, -0.05) is 0 Å². The molecule has 1 aromatic heterocycles. The average molecular weight is 199 g/mol. The minimum Gasteiger partial charge on any atom is -0.399 e. The molecule has 1 aromatic carbocycles. The van der Waals surface area contributed by atoms with E-state index in [9.17, 15) is 0 Å². The highest BCUT2D eigenvalue weighted by atomic mass is 14.7. The van der Waals surface area contributed by atoms with E-state index in [-0.39, 0.29) is 0 Å². The van der Waals surface area contributed by atoms with Gasteiger partial charge in [0.1, 0.15) is 0 Å². The number of aromatic nitrogens is 1. The van der Waals surface area contributed by atoms with Gasteiger partial charge in [-0.25, -0.2) is 0 Å². The third-order valence-electron chi connectivity index (χ3n) is 2.29. The second kappa shape index (κ2) is 3.61. The third kappa shape index (κ3) is 1.91. The molecule has 0 bridgehead atoms. The minimum atomic E-state index is 0.716. The summed E-state index contributed by atoms with van der Waals surface area (Å²) in [6.07, 6.45) is 1.77. The maximum Gasteiger partial charge on any atom is 0.0395 e. The van der Waals surface area contributed by atoms with Crippen molar-refractivity contribution in [1.29, 1.82) is 0 Å². The number of rotatable bonds is 1. The standard InChI is InChI=1S/C12H13N3/c1-8-6-9(4-5-15-8)11-7-10(13)2-3-12(11)14/h2-7H,13-14H2,1H3. The van der Waals surface area contributed by atoms with E-state index in [1.165, 1.54) is 0 Å². The molecular weight excluding hydrogens is 186 g/mol. The number of hydrogen-bond donors (Lipinski definition) is 2. The quantitative estimate of drug-likeness (QED) is 0.692. The molecule has 15 heavy (non-hydrogen) atoms. The SMILES string of the molecule is Cc1cc(-c2cc(N)ccc2N)ccn1. The Balaban J connectivity index is 2.58. The highest BCUT2D eigenvalue weighted by Crippen LogP contribution is 2.27. The van der Waals surface area contributed by atoms with Gasteiger partial charge >= 0.3 is 0 Å². The minimum absolute atomic E-state index is 0.716. The van der Waals surface area contributed by atoms with Crippen LogP contribution in [-0.4, -0.2) is 4.98 Å². The molecule has 0 saturated carbocycles. The molecule has 1 heterocycles. The molecule has 4 N–H and O–H groups in total.